The summed E-state index contributed by atoms with van der Waals surface area (Å²) in [5.74, 6) is 1.73. The second kappa shape index (κ2) is 6.39. The lowest BCUT2D eigenvalue weighted by atomic mass is 9.97. The van der Waals surface area contributed by atoms with Gasteiger partial charge in [0.05, 0.1) is 6.61 Å². The molecule has 0 saturated carbocycles. The van der Waals surface area contributed by atoms with Gasteiger partial charge in [0.1, 0.15) is 5.75 Å². The maximum Gasteiger partial charge on any atom is 0.254 e. The van der Waals surface area contributed by atoms with E-state index in [9.17, 15) is 4.79 Å². The number of fused-ring (bicyclic) bond motifs is 1. The molecule has 1 fully saturated rings. The number of rotatable bonds is 3. The third-order valence-electron chi connectivity index (χ3n) is 4.46. The molecule has 0 aliphatic carbocycles. The maximum atomic E-state index is 12.8. The molecule has 1 heterocycles. The Morgan fingerprint density at radius 1 is 1.23 bits per heavy atom. The van der Waals surface area contributed by atoms with Gasteiger partial charge in [-0.1, -0.05) is 19.1 Å². The van der Waals surface area contributed by atoms with Crippen LogP contribution in [-0.2, 0) is 0 Å². The van der Waals surface area contributed by atoms with Crippen LogP contribution in [-0.4, -0.2) is 30.5 Å². The molecule has 1 aliphatic rings. The zero-order valence-corrected chi connectivity index (χ0v) is 13.3. The highest BCUT2D eigenvalue weighted by Crippen LogP contribution is 2.26. The lowest BCUT2D eigenvalue weighted by Crippen LogP contribution is -2.37. The minimum Gasteiger partial charge on any atom is -0.494 e. The smallest absolute Gasteiger partial charge is 0.254 e. The Bertz CT molecular complexity index is 672. The van der Waals surface area contributed by atoms with E-state index in [4.69, 9.17) is 4.74 Å². The van der Waals surface area contributed by atoms with Crippen molar-refractivity contribution >= 4 is 16.7 Å². The molecule has 0 unspecified atom stereocenters. The molecule has 0 spiro atoms. The molecule has 2 aromatic rings. The highest BCUT2D eigenvalue weighted by Gasteiger charge is 2.22. The molecule has 3 heteroatoms. The summed E-state index contributed by atoms with van der Waals surface area (Å²) in [5.41, 5.74) is 0.801. The summed E-state index contributed by atoms with van der Waals surface area (Å²) in [4.78, 5) is 14.8. The normalized spacial score (nSPS) is 16.0. The van der Waals surface area contributed by atoms with E-state index in [-0.39, 0.29) is 5.91 Å². The zero-order chi connectivity index (χ0) is 15.5. The number of benzene rings is 2. The van der Waals surface area contributed by atoms with Gasteiger partial charge in [-0.3, -0.25) is 4.79 Å². The van der Waals surface area contributed by atoms with Gasteiger partial charge in [-0.25, -0.2) is 0 Å². The van der Waals surface area contributed by atoms with Crippen LogP contribution in [0.3, 0.4) is 0 Å². The Morgan fingerprint density at radius 3 is 2.73 bits per heavy atom. The van der Waals surface area contributed by atoms with Crippen molar-refractivity contribution in [1.82, 2.24) is 4.90 Å². The van der Waals surface area contributed by atoms with E-state index in [1.807, 2.05) is 48.2 Å². The van der Waals surface area contributed by atoms with Gasteiger partial charge in [-0.15, -0.1) is 0 Å². The van der Waals surface area contributed by atoms with Crippen molar-refractivity contribution in [2.45, 2.75) is 26.7 Å². The summed E-state index contributed by atoms with van der Waals surface area (Å²) >= 11 is 0. The van der Waals surface area contributed by atoms with E-state index in [0.29, 0.717) is 6.61 Å². The highest BCUT2D eigenvalue weighted by molar-refractivity contribution is 6.07. The van der Waals surface area contributed by atoms with Crippen molar-refractivity contribution in [3.8, 4) is 5.75 Å². The first-order chi connectivity index (χ1) is 10.7. The number of piperidine rings is 1. The number of hydrogen-bond acceptors (Lipinski definition) is 2. The number of ether oxygens (including phenoxy) is 1. The lowest BCUT2D eigenvalue weighted by Gasteiger charge is -2.30. The first kappa shape index (κ1) is 14.9. The van der Waals surface area contributed by atoms with Gasteiger partial charge in [-0.2, -0.15) is 0 Å². The second-order valence-corrected chi connectivity index (χ2v) is 6.10. The fourth-order valence-corrected chi connectivity index (χ4v) is 3.09. The third-order valence-corrected chi connectivity index (χ3v) is 4.46. The fourth-order valence-electron chi connectivity index (χ4n) is 3.09. The summed E-state index contributed by atoms with van der Waals surface area (Å²) < 4.78 is 5.55. The number of likely N-dealkylation sites (tertiary alicyclic amines) is 1. The van der Waals surface area contributed by atoms with E-state index in [0.717, 1.165) is 53.9 Å². The minimum atomic E-state index is 0.154. The molecule has 0 radical (unpaired) electrons. The topological polar surface area (TPSA) is 29.5 Å². The van der Waals surface area contributed by atoms with Crippen molar-refractivity contribution in [2.24, 2.45) is 5.92 Å². The first-order valence-electron chi connectivity index (χ1n) is 8.14. The van der Waals surface area contributed by atoms with Gasteiger partial charge >= 0.3 is 0 Å². The van der Waals surface area contributed by atoms with Crippen molar-refractivity contribution in [2.75, 3.05) is 19.7 Å². The molecule has 3 rings (SSSR count). The number of hydrogen-bond donors (Lipinski definition) is 0. The molecule has 1 saturated heterocycles. The lowest BCUT2D eigenvalue weighted by molar-refractivity contribution is 0.0699. The summed E-state index contributed by atoms with van der Waals surface area (Å²) in [6, 6.07) is 11.9. The Kier molecular flexibility index (Phi) is 4.32. The third kappa shape index (κ3) is 2.94. The molecule has 1 amide bonds. The SMILES string of the molecule is CCOc1ccc2c(C(=O)N3CCC(C)CC3)cccc2c1. The van der Waals surface area contributed by atoms with E-state index in [1.165, 1.54) is 0 Å². The van der Waals surface area contributed by atoms with Crippen LogP contribution in [0.15, 0.2) is 36.4 Å². The Labute approximate surface area is 131 Å². The summed E-state index contributed by atoms with van der Waals surface area (Å²) in [5, 5.41) is 2.07. The van der Waals surface area contributed by atoms with E-state index < -0.39 is 0 Å². The van der Waals surface area contributed by atoms with E-state index >= 15 is 0 Å². The molecule has 22 heavy (non-hydrogen) atoms. The monoisotopic (exact) mass is 297 g/mol. The molecule has 0 N–H and O–H groups in total. The predicted molar refractivity (Wildman–Crippen MR) is 89.4 cm³/mol. The highest BCUT2D eigenvalue weighted by atomic mass is 16.5. The molecule has 116 valence electrons. The Balaban J connectivity index is 1.91. The first-order valence-corrected chi connectivity index (χ1v) is 8.14. The van der Waals surface area contributed by atoms with E-state index in [2.05, 4.69) is 6.92 Å². The largest absolute Gasteiger partial charge is 0.494 e. The van der Waals surface area contributed by atoms with E-state index in [1.54, 1.807) is 0 Å². The minimum absolute atomic E-state index is 0.154. The number of carbonyl (C=O) groups excluding carboxylic acids is 1. The van der Waals surface area contributed by atoms with Gasteiger partial charge in [0, 0.05) is 18.7 Å². The van der Waals surface area contributed by atoms with Crippen LogP contribution in [0.2, 0.25) is 0 Å². The molecule has 0 atom stereocenters. The zero-order valence-electron chi connectivity index (χ0n) is 13.3. The van der Waals surface area contributed by atoms with Crippen molar-refractivity contribution in [3.05, 3.63) is 42.0 Å². The summed E-state index contributed by atoms with van der Waals surface area (Å²) in [7, 11) is 0. The Morgan fingerprint density at radius 2 is 2.00 bits per heavy atom. The molecule has 0 aromatic heterocycles. The van der Waals surface area contributed by atoms with Gasteiger partial charge in [-0.05, 0) is 60.7 Å². The molecule has 3 nitrogen and oxygen atoms in total. The molecule has 1 aliphatic heterocycles. The average Bonchev–Trinajstić information content (AvgIpc) is 2.54. The predicted octanol–water partition coefficient (Wildman–Crippen LogP) is 4.11. The Hall–Kier alpha value is -2.03. The van der Waals surface area contributed by atoms with Crippen LogP contribution in [0, 0.1) is 5.92 Å². The maximum absolute atomic E-state index is 12.8. The van der Waals surface area contributed by atoms with Gasteiger partial charge in [0.2, 0.25) is 0 Å². The van der Waals surface area contributed by atoms with Gasteiger partial charge < -0.3 is 9.64 Å². The van der Waals surface area contributed by atoms with Crippen molar-refractivity contribution in [1.29, 1.82) is 0 Å². The van der Waals surface area contributed by atoms with Crippen LogP contribution in [0.1, 0.15) is 37.0 Å². The fraction of sp³-hybridized carbons (Fsp3) is 0.421. The van der Waals surface area contributed by atoms with Crippen molar-refractivity contribution in [3.63, 3.8) is 0 Å². The van der Waals surface area contributed by atoms with Crippen molar-refractivity contribution < 1.29 is 9.53 Å². The molecular weight excluding hydrogens is 274 g/mol. The quantitative estimate of drug-likeness (QED) is 0.853. The number of carbonyl (C=O) groups is 1. The molecular formula is C19H23NO2. The standard InChI is InChI=1S/C19H23NO2/c1-3-22-16-7-8-17-15(13-16)5-4-6-18(17)19(21)20-11-9-14(2)10-12-20/h4-8,13-14H,3,9-12H2,1-2H3. The molecule has 0 bridgehead atoms. The van der Waals surface area contributed by atoms with Crippen LogP contribution < -0.4 is 4.74 Å². The summed E-state index contributed by atoms with van der Waals surface area (Å²) in [6.45, 7) is 6.62. The van der Waals surface area contributed by atoms with Crippen LogP contribution >= 0.6 is 0 Å². The van der Waals surface area contributed by atoms with Crippen LogP contribution in [0.25, 0.3) is 10.8 Å². The summed E-state index contributed by atoms with van der Waals surface area (Å²) in [6.07, 6.45) is 2.20. The number of amides is 1. The average molecular weight is 297 g/mol. The second-order valence-electron chi connectivity index (χ2n) is 6.10. The number of nitrogens with zero attached hydrogens (tertiary/aromatic N) is 1. The molecule has 2 aromatic carbocycles. The van der Waals surface area contributed by atoms with Crippen LogP contribution in [0.4, 0.5) is 0 Å². The van der Waals surface area contributed by atoms with Gasteiger partial charge in [0.25, 0.3) is 5.91 Å². The van der Waals surface area contributed by atoms with Gasteiger partial charge in [0.15, 0.2) is 0 Å². The van der Waals surface area contributed by atoms with Crippen LogP contribution in [0.5, 0.6) is 5.75 Å².